The first-order chi connectivity index (χ1) is 24.4. The first-order valence-corrected chi connectivity index (χ1v) is 17.9. The Labute approximate surface area is 298 Å². The normalized spacial score (nSPS) is 17.7. The highest BCUT2D eigenvalue weighted by molar-refractivity contribution is 6.09. The number of carbonyl (C=O) groups is 2. The molecular weight excluding hydrogens is 646 g/mol. The minimum atomic E-state index is -0.523. The van der Waals surface area contributed by atoms with Crippen LogP contribution in [0.1, 0.15) is 98.3 Å². The number of nitrogens with one attached hydrogen (secondary N) is 1. The van der Waals surface area contributed by atoms with E-state index in [-0.39, 0.29) is 29.7 Å². The Hall–Kier alpha value is -5.26. The number of H-pyrrole nitrogens is 1. The first kappa shape index (κ1) is 34.2. The van der Waals surface area contributed by atoms with E-state index >= 15 is 0 Å². The number of piperidine rings is 1. The molecule has 2 aliphatic heterocycles. The van der Waals surface area contributed by atoms with Gasteiger partial charge in [-0.2, -0.15) is 5.10 Å². The average Bonchev–Trinajstić information content (AvgIpc) is 3.79. The number of phenolic OH excluding ortho intramolecular Hbond substituents is 1. The topological polar surface area (TPSA) is 142 Å². The Bertz CT molecular complexity index is 1980. The van der Waals surface area contributed by atoms with Crippen LogP contribution in [-0.4, -0.2) is 69.9 Å². The maximum atomic E-state index is 13.9. The number of aliphatic imine (C=N–C) groups is 1. The van der Waals surface area contributed by atoms with E-state index in [9.17, 15) is 14.7 Å². The monoisotopic (exact) mass is 694 g/mol. The van der Waals surface area contributed by atoms with E-state index in [1.807, 2.05) is 75.8 Å². The molecule has 1 aliphatic carbocycles. The van der Waals surface area contributed by atoms with E-state index < -0.39 is 5.60 Å². The molecule has 7 rings (SSSR count). The molecule has 0 radical (unpaired) electrons. The largest absolute Gasteiger partial charge is 0.505 e. The first-order valence-electron chi connectivity index (χ1n) is 17.9. The zero-order valence-corrected chi connectivity index (χ0v) is 30.1. The number of anilines is 1. The van der Waals surface area contributed by atoms with Crippen molar-refractivity contribution in [3.05, 3.63) is 77.1 Å². The van der Waals surface area contributed by atoms with Gasteiger partial charge in [0.05, 0.1) is 41.6 Å². The summed E-state index contributed by atoms with van der Waals surface area (Å²) in [7, 11) is 1.95. The van der Waals surface area contributed by atoms with Gasteiger partial charge in [-0.1, -0.05) is 25.1 Å². The van der Waals surface area contributed by atoms with Gasteiger partial charge in [0, 0.05) is 50.0 Å². The zero-order valence-electron chi connectivity index (χ0n) is 30.1. The van der Waals surface area contributed by atoms with Crippen molar-refractivity contribution < 1.29 is 28.9 Å². The Balaban J connectivity index is 1.13. The maximum Gasteiger partial charge on any atom is 0.410 e. The minimum Gasteiger partial charge on any atom is -0.505 e. The third kappa shape index (κ3) is 6.79. The number of phenols is 1. The van der Waals surface area contributed by atoms with Gasteiger partial charge in [0.1, 0.15) is 29.5 Å². The molecule has 1 atom stereocenters. The van der Waals surface area contributed by atoms with Crippen molar-refractivity contribution in [2.45, 2.75) is 76.9 Å². The third-order valence-electron chi connectivity index (χ3n) is 10.3. The summed E-state index contributed by atoms with van der Waals surface area (Å²) in [5.74, 6) is 1.38. The molecule has 2 aromatic carbocycles. The number of hydrogen-bond donors (Lipinski definition) is 3. The summed E-state index contributed by atoms with van der Waals surface area (Å²) in [6, 6.07) is 13.7. The van der Waals surface area contributed by atoms with Gasteiger partial charge >= 0.3 is 6.09 Å². The highest BCUT2D eigenvalue weighted by Gasteiger charge is 2.34. The van der Waals surface area contributed by atoms with Crippen molar-refractivity contribution in [2.24, 2.45) is 17.8 Å². The number of nitrogens with zero attached hydrogens (tertiary/aromatic N) is 5. The van der Waals surface area contributed by atoms with Gasteiger partial charge in [-0.15, -0.1) is 4.68 Å². The lowest BCUT2D eigenvalue weighted by molar-refractivity contribution is -0.775. The second kappa shape index (κ2) is 13.5. The van der Waals surface area contributed by atoms with Crippen LogP contribution in [-0.2, 0) is 11.8 Å². The minimum absolute atomic E-state index is 0.0432. The predicted octanol–water partition coefficient (Wildman–Crippen LogP) is 6.27. The van der Waals surface area contributed by atoms with Crippen LogP contribution in [0.15, 0.2) is 59.9 Å². The summed E-state index contributed by atoms with van der Waals surface area (Å²) in [5, 5.41) is 15.2. The summed E-state index contributed by atoms with van der Waals surface area (Å²) in [4.78, 5) is 34.4. The molecule has 2 fully saturated rings. The Kier molecular flexibility index (Phi) is 9.03. The fourth-order valence-electron chi connectivity index (χ4n) is 7.33. The number of carbonyl (C=O) groups excluding carboxylic acids is 2. The molecule has 12 nitrogen and oxygen atoms in total. The molecule has 12 heteroatoms. The lowest BCUT2D eigenvalue weighted by atomic mass is 9.92. The quantitative estimate of drug-likeness (QED) is 0.118. The number of aromatic amines is 1. The predicted molar refractivity (Wildman–Crippen MR) is 195 cm³/mol. The molecule has 4 N–H and O–H groups in total. The molecule has 4 heterocycles. The van der Waals surface area contributed by atoms with Gasteiger partial charge in [0.15, 0.2) is 6.04 Å². The fraction of sp³-hybridized carbons (Fsp3) is 0.436. The lowest BCUT2D eigenvalue weighted by Gasteiger charge is -2.31. The molecule has 1 unspecified atom stereocenters. The molecular formula is C39H48N7O5+. The van der Waals surface area contributed by atoms with Gasteiger partial charge in [-0.3, -0.25) is 4.79 Å². The number of para-hydroxylation sites is 1. The van der Waals surface area contributed by atoms with Crippen molar-refractivity contribution >= 4 is 29.8 Å². The summed E-state index contributed by atoms with van der Waals surface area (Å²) in [6.07, 6.45) is 9.01. The van der Waals surface area contributed by atoms with E-state index in [2.05, 4.69) is 27.0 Å². The van der Waals surface area contributed by atoms with Crippen LogP contribution in [0, 0.1) is 0 Å². The lowest BCUT2D eigenvalue weighted by Crippen LogP contribution is -2.49. The van der Waals surface area contributed by atoms with Crippen LogP contribution in [0.25, 0.3) is 11.3 Å². The van der Waals surface area contributed by atoms with Crippen molar-refractivity contribution in [3.8, 4) is 22.8 Å². The van der Waals surface area contributed by atoms with Crippen molar-refractivity contribution in [1.82, 2.24) is 14.6 Å². The standard InChI is InChI=1S/C39H47N7O5/c1-24(29-7-6-8-32(35(29)47)45-17-18-50-34-19-26(25-9-10-25)11-12-30(34)37(45)48)31-20-33(43(5)36(31)41-23-40)27-21-42-46(22-27)28-13-15-44(16-14-28)38(49)51-39(2,3)4/h6-8,11-12,19-25,28H,9-10,13-18H2,1-5H3,(H3,40,41,47)/p+1. The van der Waals surface area contributed by atoms with Crippen LogP contribution in [0.2, 0.25) is 0 Å². The molecule has 2 aromatic heterocycles. The van der Waals surface area contributed by atoms with Crippen LogP contribution >= 0.6 is 0 Å². The SMILES string of the molecule is CC(c1cccc(N2CCOc3cc(C4CC4)ccc3C2=O)c1O)c1cc(-c2c[nH][n+](C3CCN(C(=O)OC(C)(C)C)CC3)c2)n(C)c1/N=C\N. The third-order valence-corrected chi connectivity index (χ3v) is 10.3. The molecule has 1 saturated carbocycles. The Morgan fingerprint density at radius 1 is 1.12 bits per heavy atom. The second-order valence-electron chi connectivity index (χ2n) is 14.9. The number of rotatable bonds is 7. The van der Waals surface area contributed by atoms with E-state index in [4.69, 9.17) is 15.2 Å². The molecule has 2 amide bonds. The Morgan fingerprint density at radius 2 is 1.88 bits per heavy atom. The van der Waals surface area contributed by atoms with E-state index in [1.165, 1.54) is 24.7 Å². The molecule has 4 aromatic rings. The average molecular weight is 695 g/mol. The van der Waals surface area contributed by atoms with E-state index in [0.717, 1.165) is 29.7 Å². The highest BCUT2D eigenvalue weighted by Crippen LogP contribution is 2.45. The van der Waals surface area contributed by atoms with Crippen LogP contribution < -0.4 is 20.1 Å². The molecule has 51 heavy (non-hydrogen) atoms. The van der Waals surface area contributed by atoms with Crippen LogP contribution in [0.5, 0.6) is 11.5 Å². The number of likely N-dealkylation sites (tertiary alicyclic amines) is 1. The molecule has 0 bridgehead atoms. The molecule has 268 valence electrons. The summed E-state index contributed by atoms with van der Waals surface area (Å²) >= 11 is 0. The summed E-state index contributed by atoms with van der Waals surface area (Å²) in [6.45, 7) is 9.53. The smallest absolute Gasteiger partial charge is 0.410 e. The van der Waals surface area contributed by atoms with Gasteiger partial charge in [0.25, 0.3) is 5.91 Å². The van der Waals surface area contributed by atoms with Crippen molar-refractivity contribution in [1.29, 1.82) is 0 Å². The number of fused-ring (bicyclic) bond motifs is 1. The number of aromatic nitrogens is 3. The fourth-order valence-corrected chi connectivity index (χ4v) is 7.33. The van der Waals surface area contributed by atoms with E-state index in [0.29, 0.717) is 60.5 Å². The second-order valence-corrected chi connectivity index (χ2v) is 14.9. The number of amides is 2. The molecule has 0 spiro atoms. The van der Waals surface area contributed by atoms with Crippen molar-refractivity contribution in [3.63, 3.8) is 0 Å². The van der Waals surface area contributed by atoms with Crippen LogP contribution in [0.4, 0.5) is 16.3 Å². The number of aromatic hydroxyl groups is 1. The number of ether oxygens (including phenoxy) is 2. The van der Waals surface area contributed by atoms with Crippen LogP contribution in [0.3, 0.4) is 0 Å². The zero-order chi connectivity index (χ0) is 36.0. The summed E-state index contributed by atoms with van der Waals surface area (Å²) < 4.78 is 15.7. The summed E-state index contributed by atoms with van der Waals surface area (Å²) in [5.41, 5.74) is 10.9. The molecule has 1 saturated heterocycles. The maximum absolute atomic E-state index is 13.9. The number of nitrogens with two attached hydrogens (primary N) is 1. The Morgan fingerprint density at radius 3 is 2.59 bits per heavy atom. The van der Waals surface area contributed by atoms with Gasteiger partial charge in [-0.25, -0.2) is 9.79 Å². The van der Waals surface area contributed by atoms with Gasteiger partial charge in [0.2, 0.25) is 6.20 Å². The van der Waals surface area contributed by atoms with Crippen molar-refractivity contribution in [2.75, 3.05) is 31.1 Å². The number of benzene rings is 2. The molecule has 3 aliphatic rings. The highest BCUT2D eigenvalue weighted by atomic mass is 16.6. The van der Waals surface area contributed by atoms with Gasteiger partial charge < -0.3 is 34.7 Å². The van der Waals surface area contributed by atoms with Gasteiger partial charge in [-0.05, 0) is 69.4 Å². The number of hydrogen-bond acceptors (Lipinski definition) is 6. The van der Waals surface area contributed by atoms with E-state index in [1.54, 1.807) is 15.9 Å².